The highest BCUT2D eigenvalue weighted by molar-refractivity contribution is 9.10. The van der Waals surface area contributed by atoms with Crippen molar-refractivity contribution in [3.63, 3.8) is 0 Å². The van der Waals surface area contributed by atoms with Gasteiger partial charge in [-0.1, -0.05) is 60.1 Å². The van der Waals surface area contributed by atoms with Crippen molar-refractivity contribution in [1.82, 2.24) is 0 Å². The number of benzene rings is 2. The largest absolute Gasteiger partial charge is 0.118 e. The van der Waals surface area contributed by atoms with Crippen LogP contribution in [0.25, 0.3) is 10.8 Å². The number of hydrogen-bond donors (Lipinski definition) is 0. The van der Waals surface area contributed by atoms with Gasteiger partial charge in [-0.2, -0.15) is 0 Å². The molecule has 0 aliphatic carbocycles. The van der Waals surface area contributed by atoms with Crippen LogP contribution in [0.1, 0.15) is 24.8 Å². The van der Waals surface area contributed by atoms with Crippen LogP contribution in [0, 0.1) is 5.92 Å². The van der Waals surface area contributed by atoms with Crippen molar-refractivity contribution in [2.24, 2.45) is 5.92 Å². The lowest BCUT2D eigenvalue weighted by Crippen LogP contribution is -2.00. The van der Waals surface area contributed by atoms with Crippen LogP contribution in [0.4, 0.5) is 0 Å². The third kappa shape index (κ3) is 2.11. The van der Waals surface area contributed by atoms with Crippen LogP contribution in [0.2, 0.25) is 0 Å². The van der Waals surface area contributed by atoms with Crippen molar-refractivity contribution in [2.75, 3.05) is 0 Å². The van der Waals surface area contributed by atoms with Crippen LogP contribution in [0.3, 0.4) is 0 Å². The van der Waals surface area contributed by atoms with E-state index in [1.165, 1.54) is 16.3 Å². The molecule has 16 heavy (non-hydrogen) atoms. The number of fused-ring (bicyclic) bond motifs is 1. The van der Waals surface area contributed by atoms with E-state index in [1.54, 1.807) is 0 Å². The Morgan fingerprint density at radius 1 is 1.00 bits per heavy atom. The molecule has 84 valence electrons. The summed E-state index contributed by atoms with van der Waals surface area (Å²) in [6, 6.07) is 12.6. The van der Waals surface area contributed by atoms with E-state index in [2.05, 4.69) is 66.2 Å². The monoisotopic (exact) mass is 296 g/mol. The molecule has 0 heterocycles. The summed E-state index contributed by atoms with van der Waals surface area (Å²) in [6.45, 7) is 4.29. The van der Waals surface area contributed by atoms with E-state index >= 15 is 0 Å². The van der Waals surface area contributed by atoms with Crippen molar-refractivity contribution >= 4 is 38.3 Å². The summed E-state index contributed by atoms with van der Waals surface area (Å²) < 4.78 is 1.12. The second kappa shape index (κ2) is 4.77. The lowest BCUT2D eigenvalue weighted by Gasteiger charge is -2.16. The molecule has 0 aromatic heterocycles. The van der Waals surface area contributed by atoms with Crippen molar-refractivity contribution in [3.05, 3.63) is 46.4 Å². The van der Waals surface area contributed by atoms with Gasteiger partial charge in [0.15, 0.2) is 0 Å². The smallest absolute Gasteiger partial charge is 0.0614 e. The molecule has 0 aliphatic rings. The highest BCUT2D eigenvalue weighted by Gasteiger charge is 2.15. The van der Waals surface area contributed by atoms with Crippen molar-refractivity contribution < 1.29 is 0 Å². The molecular formula is C14H14BrCl. The molecule has 1 unspecified atom stereocenters. The second-order valence-corrected chi connectivity index (χ2v) is 5.65. The molecule has 0 nitrogen and oxygen atoms in total. The van der Waals surface area contributed by atoms with Gasteiger partial charge in [-0.3, -0.25) is 0 Å². The zero-order valence-electron chi connectivity index (χ0n) is 9.37. The molecule has 0 aliphatic heterocycles. The van der Waals surface area contributed by atoms with E-state index in [1.807, 2.05) is 0 Å². The van der Waals surface area contributed by atoms with Gasteiger partial charge in [-0.15, -0.1) is 11.6 Å². The Morgan fingerprint density at radius 2 is 1.62 bits per heavy atom. The highest BCUT2D eigenvalue weighted by Crippen LogP contribution is 2.36. The van der Waals surface area contributed by atoms with Gasteiger partial charge >= 0.3 is 0 Å². The number of hydrogen-bond acceptors (Lipinski definition) is 0. The molecule has 2 aromatic carbocycles. The molecule has 2 rings (SSSR count). The summed E-state index contributed by atoms with van der Waals surface area (Å²) >= 11 is 10.0. The van der Waals surface area contributed by atoms with Gasteiger partial charge in [-0.05, 0) is 28.3 Å². The third-order valence-electron chi connectivity index (χ3n) is 2.79. The average Bonchev–Trinajstić information content (AvgIpc) is 2.29. The van der Waals surface area contributed by atoms with Crippen LogP contribution < -0.4 is 0 Å². The second-order valence-electron chi connectivity index (χ2n) is 4.33. The molecule has 0 radical (unpaired) electrons. The first kappa shape index (κ1) is 11.9. The summed E-state index contributed by atoms with van der Waals surface area (Å²) in [6.07, 6.45) is 0. The van der Waals surface area contributed by atoms with Gasteiger partial charge in [0.1, 0.15) is 0 Å². The third-order valence-corrected chi connectivity index (χ3v) is 4.22. The molecule has 2 aromatic rings. The normalized spacial score (nSPS) is 13.3. The minimum atomic E-state index is 0.0676. The summed E-state index contributed by atoms with van der Waals surface area (Å²) in [7, 11) is 0. The van der Waals surface area contributed by atoms with E-state index in [0.29, 0.717) is 5.92 Å². The first-order valence-electron chi connectivity index (χ1n) is 5.42. The van der Waals surface area contributed by atoms with Crippen molar-refractivity contribution in [2.45, 2.75) is 19.2 Å². The molecule has 0 saturated heterocycles. The summed E-state index contributed by atoms with van der Waals surface area (Å²) in [5, 5.41) is 2.54. The van der Waals surface area contributed by atoms with Crippen LogP contribution in [-0.4, -0.2) is 0 Å². The summed E-state index contributed by atoms with van der Waals surface area (Å²) in [4.78, 5) is 0. The molecule has 0 fully saturated rings. The summed E-state index contributed by atoms with van der Waals surface area (Å²) in [5.74, 6) is 0.436. The number of rotatable bonds is 2. The average molecular weight is 298 g/mol. The van der Waals surface area contributed by atoms with E-state index in [0.717, 1.165) is 4.47 Å². The topological polar surface area (TPSA) is 0 Å². The zero-order valence-corrected chi connectivity index (χ0v) is 11.7. The van der Waals surface area contributed by atoms with Gasteiger partial charge in [-0.25, -0.2) is 0 Å². The first-order valence-corrected chi connectivity index (χ1v) is 6.65. The maximum absolute atomic E-state index is 6.46. The maximum Gasteiger partial charge on any atom is 0.0614 e. The molecular weight excluding hydrogens is 284 g/mol. The zero-order chi connectivity index (χ0) is 11.7. The first-order chi connectivity index (χ1) is 7.61. The Kier molecular flexibility index (Phi) is 3.56. The molecule has 2 heteroatoms. The van der Waals surface area contributed by atoms with Gasteiger partial charge in [0.05, 0.1) is 5.38 Å². The lowest BCUT2D eigenvalue weighted by molar-refractivity contribution is 0.627. The van der Waals surface area contributed by atoms with E-state index in [-0.39, 0.29) is 5.38 Å². The number of halogens is 2. The lowest BCUT2D eigenvalue weighted by atomic mass is 9.96. The standard InChI is InChI=1S/C14H14BrCl/c1-9(2)14(16)12-7-8-13(15)11-6-4-3-5-10(11)12/h3-9,14H,1-2H3. The Bertz CT molecular complexity index is 505. The van der Waals surface area contributed by atoms with E-state index < -0.39 is 0 Å². The molecule has 0 bridgehead atoms. The quantitative estimate of drug-likeness (QED) is 0.639. The van der Waals surface area contributed by atoms with Crippen molar-refractivity contribution in [3.8, 4) is 0 Å². The number of alkyl halides is 1. The van der Waals surface area contributed by atoms with Crippen molar-refractivity contribution in [1.29, 1.82) is 0 Å². The molecule has 0 spiro atoms. The Balaban J connectivity index is 2.67. The maximum atomic E-state index is 6.46. The van der Waals surface area contributed by atoms with Gasteiger partial charge in [0.2, 0.25) is 0 Å². The van der Waals surface area contributed by atoms with Gasteiger partial charge in [0.25, 0.3) is 0 Å². The molecule has 1 atom stereocenters. The predicted octanol–water partition coefficient (Wildman–Crippen LogP) is 5.54. The van der Waals surface area contributed by atoms with Crippen LogP contribution in [0.5, 0.6) is 0 Å². The molecule has 0 saturated carbocycles. The van der Waals surface area contributed by atoms with Gasteiger partial charge in [0, 0.05) is 4.47 Å². The van der Waals surface area contributed by atoms with Crippen LogP contribution in [0.15, 0.2) is 40.9 Å². The van der Waals surface area contributed by atoms with E-state index in [9.17, 15) is 0 Å². The molecule has 0 amide bonds. The minimum Gasteiger partial charge on any atom is -0.118 e. The predicted molar refractivity (Wildman–Crippen MR) is 75.1 cm³/mol. The fourth-order valence-corrected chi connectivity index (χ4v) is 2.55. The van der Waals surface area contributed by atoms with Gasteiger partial charge < -0.3 is 0 Å². The Morgan fingerprint density at radius 3 is 2.25 bits per heavy atom. The fraction of sp³-hybridized carbons (Fsp3) is 0.286. The minimum absolute atomic E-state index is 0.0676. The van der Waals surface area contributed by atoms with Crippen LogP contribution in [-0.2, 0) is 0 Å². The molecule has 0 N–H and O–H groups in total. The fourth-order valence-electron chi connectivity index (χ4n) is 1.89. The highest BCUT2D eigenvalue weighted by atomic mass is 79.9. The summed E-state index contributed by atoms with van der Waals surface area (Å²) in [5.41, 5.74) is 1.22. The SMILES string of the molecule is CC(C)C(Cl)c1ccc(Br)c2ccccc12. The Labute approximate surface area is 110 Å². The Hall–Kier alpha value is -0.530. The van der Waals surface area contributed by atoms with Crippen LogP contribution >= 0.6 is 27.5 Å². The van der Waals surface area contributed by atoms with E-state index in [4.69, 9.17) is 11.6 Å².